The van der Waals surface area contributed by atoms with Crippen LogP contribution < -0.4 is 9.47 Å². The summed E-state index contributed by atoms with van der Waals surface area (Å²) in [6, 6.07) is 8.92. The van der Waals surface area contributed by atoms with Crippen LogP contribution in [0.5, 0.6) is 11.5 Å². The van der Waals surface area contributed by atoms with Crippen molar-refractivity contribution in [1.29, 1.82) is 0 Å². The number of hydrogen-bond acceptors (Lipinski definition) is 6. The van der Waals surface area contributed by atoms with Crippen LogP contribution in [0.4, 0.5) is 4.79 Å². The number of alkyl halides is 3. The maximum Gasteiger partial charge on any atom is 0.411 e. The minimum absolute atomic E-state index is 0.0134. The molecular weight excluding hydrogens is 702 g/mol. The van der Waals surface area contributed by atoms with Gasteiger partial charge in [0.2, 0.25) is 9.70 Å². The van der Waals surface area contributed by atoms with Crippen molar-refractivity contribution in [2.45, 2.75) is 68.4 Å². The number of aryl methyl sites for hydroxylation is 1. The number of carbonyl (C=O) groups is 3. The van der Waals surface area contributed by atoms with Crippen molar-refractivity contribution in [1.82, 2.24) is 9.80 Å². The second kappa shape index (κ2) is 14.7. The monoisotopic (exact) mass is 734 g/mol. The molecule has 2 aromatic rings. The molecule has 14 heteroatoms. The summed E-state index contributed by atoms with van der Waals surface area (Å²) in [4.78, 5) is 41.9. The second-order valence-electron chi connectivity index (χ2n) is 11.2. The number of ether oxygens (including phenoxy) is 3. The van der Waals surface area contributed by atoms with Gasteiger partial charge in [-0.05, 0) is 67.2 Å². The van der Waals surface area contributed by atoms with E-state index in [1.807, 2.05) is 6.92 Å². The molecule has 0 saturated carbocycles. The number of carbonyl (C=O) groups excluding carboxylic acids is 2. The number of nitrogens with zero attached hydrogens (tertiary/aromatic N) is 2. The minimum Gasteiger partial charge on any atom is -0.490 e. The van der Waals surface area contributed by atoms with Gasteiger partial charge in [0.05, 0.1) is 27.7 Å². The van der Waals surface area contributed by atoms with E-state index in [0.29, 0.717) is 32.7 Å². The standard InChI is InChI=1S/C32H35Cl5N2O7/c1-5-31(6-2,32(35,36)37)46-30(43)39-21-15-23(27(29(41)42)26(39)17-38(16-21)19(4)40)20-7-9-22(10-8-20)44-11-12-45-28-24(33)13-18(3)14-25(28)34/h7-10,13-14,21,26H,5-6,11-12,15-17H2,1-4H3,(H,41,42). The van der Waals surface area contributed by atoms with Gasteiger partial charge in [0.25, 0.3) is 0 Å². The first kappa shape index (κ1) is 36.3. The molecule has 2 unspecified atom stereocenters. The van der Waals surface area contributed by atoms with Gasteiger partial charge in [-0.15, -0.1) is 0 Å². The molecule has 0 aromatic heterocycles. The molecular formula is C32H35Cl5N2O7. The summed E-state index contributed by atoms with van der Waals surface area (Å²) in [5.41, 5.74) is 0.667. The minimum atomic E-state index is -1.92. The third-order valence-corrected chi connectivity index (χ3v) is 10.0. The third kappa shape index (κ3) is 7.60. The van der Waals surface area contributed by atoms with Crippen molar-refractivity contribution >= 4 is 81.5 Å². The zero-order valence-electron chi connectivity index (χ0n) is 25.7. The molecule has 2 aromatic carbocycles. The molecule has 2 aliphatic heterocycles. The average molecular weight is 737 g/mol. The number of carboxylic acids is 1. The van der Waals surface area contributed by atoms with E-state index >= 15 is 0 Å². The summed E-state index contributed by atoms with van der Waals surface area (Å²) in [6.07, 6.45) is -0.211. The van der Waals surface area contributed by atoms with Crippen molar-refractivity contribution in [2.75, 3.05) is 26.3 Å². The van der Waals surface area contributed by atoms with Gasteiger partial charge in [-0.2, -0.15) is 0 Å². The lowest BCUT2D eigenvalue weighted by Crippen LogP contribution is -2.65. The van der Waals surface area contributed by atoms with Gasteiger partial charge >= 0.3 is 12.1 Å². The summed E-state index contributed by atoms with van der Waals surface area (Å²) in [5.74, 6) is -0.526. The molecule has 0 spiro atoms. The van der Waals surface area contributed by atoms with Gasteiger partial charge in [0.1, 0.15) is 19.0 Å². The molecule has 250 valence electrons. The molecule has 2 bridgehead atoms. The van der Waals surface area contributed by atoms with E-state index in [-0.39, 0.29) is 57.0 Å². The molecule has 2 amide bonds. The van der Waals surface area contributed by atoms with Gasteiger partial charge in [0.15, 0.2) is 11.4 Å². The molecule has 1 N–H and O–H groups in total. The van der Waals surface area contributed by atoms with Crippen molar-refractivity contribution in [3.8, 4) is 11.5 Å². The molecule has 9 nitrogen and oxygen atoms in total. The van der Waals surface area contributed by atoms with Gasteiger partial charge < -0.3 is 24.2 Å². The number of aliphatic carboxylic acids is 1. The first-order valence-corrected chi connectivity index (χ1v) is 16.6. The largest absolute Gasteiger partial charge is 0.490 e. The highest BCUT2D eigenvalue weighted by molar-refractivity contribution is 6.68. The molecule has 1 fully saturated rings. The summed E-state index contributed by atoms with van der Waals surface area (Å²) in [7, 11) is 0. The molecule has 2 aliphatic rings. The van der Waals surface area contributed by atoms with Crippen LogP contribution in [0.2, 0.25) is 10.0 Å². The van der Waals surface area contributed by atoms with E-state index in [0.717, 1.165) is 5.56 Å². The fourth-order valence-electron chi connectivity index (χ4n) is 5.94. The molecule has 4 rings (SSSR count). The topological polar surface area (TPSA) is 106 Å². The van der Waals surface area contributed by atoms with Crippen LogP contribution in [0.3, 0.4) is 0 Å². The Balaban J connectivity index is 1.57. The number of rotatable bonds is 10. The highest BCUT2D eigenvalue weighted by Crippen LogP contribution is 2.47. The van der Waals surface area contributed by atoms with Crippen molar-refractivity contribution in [3.63, 3.8) is 0 Å². The Bertz CT molecular complexity index is 1480. The lowest BCUT2D eigenvalue weighted by molar-refractivity contribution is -0.138. The first-order valence-electron chi connectivity index (χ1n) is 14.7. The van der Waals surface area contributed by atoms with Crippen molar-refractivity contribution in [2.24, 2.45) is 0 Å². The Morgan fingerprint density at radius 1 is 0.957 bits per heavy atom. The summed E-state index contributed by atoms with van der Waals surface area (Å²) in [6.45, 7) is 7.32. The zero-order chi connectivity index (χ0) is 34.0. The van der Waals surface area contributed by atoms with E-state index in [2.05, 4.69) is 0 Å². The van der Waals surface area contributed by atoms with E-state index in [9.17, 15) is 19.5 Å². The third-order valence-electron chi connectivity index (χ3n) is 8.42. The Morgan fingerprint density at radius 3 is 2.07 bits per heavy atom. The van der Waals surface area contributed by atoms with Gasteiger partial charge in [0, 0.05) is 20.0 Å². The molecule has 0 radical (unpaired) electrons. The van der Waals surface area contributed by atoms with Crippen LogP contribution in [0, 0.1) is 6.92 Å². The summed E-state index contributed by atoms with van der Waals surface area (Å²) in [5, 5.41) is 11.3. The summed E-state index contributed by atoms with van der Waals surface area (Å²) >= 11 is 31.2. The lowest BCUT2D eigenvalue weighted by Gasteiger charge is -2.51. The van der Waals surface area contributed by atoms with E-state index < -0.39 is 33.5 Å². The number of piperazine rings is 1. The Labute approximate surface area is 293 Å². The predicted octanol–water partition coefficient (Wildman–Crippen LogP) is 7.97. The van der Waals surface area contributed by atoms with E-state index in [4.69, 9.17) is 72.2 Å². The number of halogens is 5. The molecule has 2 heterocycles. The molecule has 46 heavy (non-hydrogen) atoms. The highest BCUT2D eigenvalue weighted by Gasteiger charge is 2.53. The molecule has 0 aliphatic carbocycles. The summed E-state index contributed by atoms with van der Waals surface area (Å²) < 4.78 is 15.5. The average Bonchev–Trinajstić information content (AvgIpc) is 2.97. The normalized spacial score (nSPS) is 18.4. The Kier molecular flexibility index (Phi) is 11.6. The van der Waals surface area contributed by atoms with Crippen LogP contribution in [0.15, 0.2) is 42.0 Å². The van der Waals surface area contributed by atoms with Crippen LogP contribution in [-0.2, 0) is 14.3 Å². The van der Waals surface area contributed by atoms with Crippen LogP contribution >= 0.6 is 58.0 Å². The van der Waals surface area contributed by atoms with Gasteiger partial charge in [-0.1, -0.05) is 84.0 Å². The van der Waals surface area contributed by atoms with Crippen molar-refractivity contribution in [3.05, 3.63) is 63.1 Å². The Hall–Kier alpha value is -2.56. The fraction of sp³-hybridized carbons (Fsp3) is 0.469. The number of hydrogen-bond donors (Lipinski definition) is 1. The van der Waals surface area contributed by atoms with Crippen molar-refractivity contribution < 1.29 is 33.7 Å². The van der Waals surface area contributed by atoms with Crippen LogP contribution in [0.25, 0.3) is 5.57 Å². The quantitative estimate of drug-likeness (QED) is 0.195. The lowest BCUT2D eigenvalue weighted by atomic mass is 9.82. The van der Waals surface area contributed by atoms with Crippen LogP contribution in [0.1, 0.15) is 51.2 Å². The smallest absolute Gasteiger partial charge is 0.411 e. The Morgan fingerprint density at radius 2 is 1.54 bits per heavy atom. The SMILES string of the molecule is CCC(CC)(OC(=O)N1C2CC(c3ccc(OCCOc4c(Cl)cc(C)cc4Cl)cc3)=C(C(=O)O)C1CN(C(C)=O)C2)C(Cl)(Cl)Cl. The maximum atomic E-state index is 13.8. The van der Waals surface area contributed by atoms with Crippen LogP contribution in [-0.4, -0.2) is 80.7 Å². The molecule has 2 atom stereocenters. The number of benzene rings is 2. The second-order valence-corrected chi connectivity index (χ2v) is 14.3. The maximum absolute atomic E-state index is 13.8. The van der Waals surface area contributed by atoms with E-state index in [1.54, 1.807) is 50.2 Å². The fourth-order valence-corrected chi connectivity index (χ4v) is 7.56. The number of carboxylic acid groups (broad SMARTS) is 1. The first-order chi connectivity index (χ1) is 21.6. The highest BCUT2D eigenvalue weighted by atomic mass is 35.6. The number of amides is 2. The predicted molar refractivity (Wildman–Crippen MR) is 180 cm³/mol. The van der Waals surface area contributed by atoms with Gasteiger partial charge in [-0.3, -0.25) is 9.69 Å². The van der Waals surface area contributed by atoms with E-state index in [1.165, 1.54) is 16.7 Å². The number of fused-ring (bicyclic) bond motifs is 2. The van der Waals surface area contributed by atoms with Gasteiger partial charge in [-0.25, -0.2) is 9.59 Å². The zero-order valence-corrected chi connectivity index (χ0v) is 29.5. The molecule has 1 saturated heterocycles.